The van der Waals surface area contributed by atoms with Crippen molar-refractivity contribution in [1.82, 2.24) is 57.0 Å². The summed E-state index contributed by atoms with van der Waals surface area (Å²) in [7, 11) is 0. The number of carbonyl (C=O) groups excluding carboxylic acids is 9. The summed E-state index contributed by atoms with van der Waals surface area (Å²) in [6, 6.07) is 12.7. The van der Waals surface area contributed by atoms with Crippen LogP contribution in [-0.4, -0.2) is 186 Å². The standard InChI is InChI=1S/C69H87F2N13O12S2/c1-39(85)53-32-60(88)79-55(27-40-12-16-47(86)17-13-40)67(95)84-24-7-21-69(84,2)68(96)82-57(62(73)90)38-98-37-42-9-5-8-41(26-42)36-97-25-20-59(87)77-52(10-3-4-22-72)63(91)76-35-61(89)78-54(28-43-33-74-50-18-14-45(70)30-48(43)50)64(92)81-56(66(94)83-23-6-11-58(83)65(93)80-53)29-44-34-75-51-19-15-46(71)31-49(44)51/h5,8-9,12-19,26,30-31,33-34,39,52-59,74-75,77,85-87H,3-4,6-7,10-11,20-25,27-29,32,35-38,72H2,1-2H3,(H2,73,90)(H,76,91)(H,78,89)(H,79,88)(H,80,93)(H,81,92)(H,82,96)/t39-,52+,53-,54+,55+,56+,57+,58+,59?,69+/m1/s1. The van der Waals surface area contributed by atoms with Gasteiger partial charge in [0, 0.05) is 90.2 Å². The molecule has 2 saturated heterocycles. The van der Waals surface area contributed by atoms with Crippen LogP contribution >= 0.6 is 23.5 Å². The molecule has 25 nitrogen and oxygen atoms in total. The van der Waals surface area contributed by atoms with Crippen LogP contribution in [0.25, 0.3) is 21.8 Å². The fourth-order valence-electron chi connectivity index (χ4n) is 12.8. The molecule has 16 N–H and O–H groups in total. The van der Waals surface area contributed by atoms with E-state index in [1.165, 1.54) is 77.0 Å². The molecule has 2 fully saturated rings. The number of aliphatic hydroxyl groups excluding tert-OH is 2. The van der Waals surface area contributed by atoms with Crippen molar-refractivity contribution in [1.29, 1.82) is 0 Å². The molecule has 2 bridgehead atoms. The van der Waals surface area contributed by atoms with Crippen molar-refractivity contribution in [2.24, 2.45) is 11.5 Å². The third kappa shape index (κ3) is 19.4. The monoisotopic (exact) mass is 1390 g/mol. The summed E-state index contributed by atoms with van der Waals surface area (Å²) >= 11 is 2.91. The number of thioether (sulfide) groups is 2. The number of amides is 9. The number of hydrogen-bond acceptors (Lipinski definition) is 16. The number of aromatic amines is 2. The number of nitrogens with two attached hydrogens (primary N) is 2. The Balaban J connectivity index is 1.02. The molecule has 3 aliphatic rings. The predicted molar refractivity (Wildman–Crippen MR) is 367 cm³/mol. The maximum atomic E-state index is 15.3. The van der Waals surface area contributed by atoms with Crippen LogP contribution in [0.5, 0.6) is 5.75 Å². The zero-order chi connectivity index (χ0) is 70.2. The van der Waals surface area contributed by atoms with Crippen molar-refractivity contribution in [2.75, 3.05) is 37.7 Å². The lowest BCUT2D eigenvalue weighted by molar-refractivity contribution is -0.147. The van der Waals surface area contributed by atoms with E-state index in [2.05, 4.69) is 47.2 Å². The van der Waals surface area contributed by atoms with Gasteiger partial charge in [-0.05, 0) is 147 Å². The number of carbonyl (C=O) groups is 9. The van der Waals surface area contributed by atoms with Crippen LogP contribution in [0.2, 0.25) is 0 Å². The molecule has 9 rings (SSSR count). The maximum absolute atomic E-state index is 15.3. The number of halogens is 2. The Bertz CT molecular complexity index is 3840. The second kappa shape index (κ2) is 34.2. The molecule has 0 radical (unpaired) electrons. The highest BCUT2D eigenvalue weighted by molar-refractivity contribution is 7.98. The zero-order valence-electron chi connectivity index (χ0n) is 54.7. The van der Waals surface area contributed by atoms with E-state index in [0.29, 0.717) is 81.6 Å². The van der Waals surface area contributed by atoms with Crippen molar-refractivity contribution >= 4 is 98.5 Å². The molecule has 5 heterocycles. The number of H-pyrrole nitrogens is 2. The van der Waals surface area contributed by atoms with E-state index in [1.807, 2.05) is 24.3 Å². The van der Waals surface area contributed by atoms with E-state index >= 15 is 9.59 Å². The fraction of sp³-hybridized carbons (Fsp3) is 0.464. The molecular weight excluding hydrogens is 1300 g/mol. The number of rotatable bonds is 12. The van der Waals surface area contributed by atoms with Gasteiger partial charge in [-0.15, -0.1) is 0 Å². The van der Waals surface area contributed by atoms with E-state index in [1.54, 1.807) is 43.2 Å². The number of aromatic nitrogens is 2. The number of aliphatic hydroxyl groups is 2. The summed E-state index contributed by atoms with van der Waals surface area (Å²) in [5.74, 6) is -6.43. The van der Waals surface area contributed by atoms with Crippen LogP contribution in [0.15, 0.2) is 97.3 Å². The Morgan fingerprint density at radius 3 is 2.00 bits per heavy atom. The number of hydrogen-bond donors (Lipinski definition) is 14. The molecule has 0 saturated carbocycles. The Hall–Kier alpha value is -8.61. The average Bonchev–Trinajstić information content (AvgIpc) is 1.58. The molecule has 2 aromatic heterocycles. The highest BCUT2D eigenvalue weighted by atomic mass is 32.2. The zero-order valence-corrected chi connectivity index (χ0v) is 56.3. The number of fused-ring (bicyclic) bond motifs is 6. The van der Waals surface area contributed by atoms with Crippen LogP contribution < -0.4 is 48.7 Å². The van der Waals surface area contributed by atoms with Crippen molar-refractivity contribution in [3.8, 4) is 5.75 Å². The summed E-state index contributed by atoms with van der Waals surface area (Å²) in [5, 5.41) is 52.8. The Morgan fingerprint density at radius 1 is 0.704 bits per heavy atom. The summed E-state index contributed by atoms with van der Waals surface area (Å²) < 4.78 is 29.8. The summed E-state index contributed by atoms with van der Waals surface area (Å²) in [6.07, 6.45) is 1.78. The molecule has 0 aliphatic carbocycles. The normalized spacial score (nSPS) is 25.1. The maximum Gasteiger partial charge on any atom is 0.246 e. The van der Waals surface area contributed by atoms with Crippen molar-refractivity contribution in [2.45, 2.75) is 163 Å². The lowest BCUT2D eigenvalue weighted by Crippen LogP contribution is -2.62. The second-order valence-corrected chi connectivity index (χ2v) is 27.7. The van der Waals surface area contributed by atoms with Gasteiger partial charge in [-0.1, -0.05) is 42.8 Å². The molecule has 98 heavy (non-hydrogen) atoms. The highest BCUT2D eigenvalue weighted by Gasteiger charge is 2.49. The smallest absolute Gasteiger partial charge is 0.246 e. The van der Waals surface area contributed by atoms with E-state index in [4.69, 9.17) is 11.5 Å². The molecule has 1 unspecified atom stereocenters. The minimum Gasteiger partial charge on any atom is -0.508 e. The first-order valence-corrected chi connectivity index (χ1v) is 35.3. The largest absolute Gasteiger partial charge is 0.508 e. The first-order valence-electron chi connectivity index (χ1n) is 33.0. The van der Waals surface area contributed by atoms with Crippen molar-refractivity contribution in [3.05, 3.63) is 137 Å². The Kier molecular flexibility index (Phi) is 25.7. The summed E-state index contributed by atoms with van der Waals surface area (Å²) in [4.78, 5) is 139. The van der Waals surface area contributed by atoms with Gasteiger partial charge in [-0.2, -0.15) is 23.5 Å². The third-order valence-corrected chi connectivity index (χ3v) is 20.4. The number of phenolic OH excluding ortho intramolecular Hbond substituents is 1. The topological polar surface area (TPSA) is 389 Å². The number of nitrogens with zero attached hydrogens (tertiary/aromatic N) is 2. The van der Waals surface area contributed by atoms with E-state index in [9.17, 15) is 57.7 Å². The van der Waals surface area contributed by atoms with Crippen molar-refractivity contribution in [3.63, 3.8) is 0 Å². The van der Waals surface area contributed by atoms with E-state index < -0.39 is 138 Å². The second-order valence-electron chi connectivity index (χ2n) is 25.5. The van der Waals surface area contributed by atoms with Crippen LogP contribution in [-0.2, 0) is 73.9 Å². The minimum absolute atomic E-state index is 0.00417. The van der Waals surface area contributed by atoms with Gasteiger partial charge in [0.05, 0.1) is 24.7 Å². The lowest BCUT2D eigenvalue weighted by atomic mass is 9.95. The lowest BCUT2D eigenvalue weighted by Gasteiger charge is -2.37. The van der Waals surface area contributed by atoms with Gasteiger partial charge >= 0.3 is 0 Å². The van der Waals surface area contributed by atoms with Gasteiger partial charge < -0.3 is 78.5 Å². The van der Waals surface area contributed by atoms with Gasteiger partial charge in [-0.3, -0.25) is 48.5 Å². The predicted octanol–water partition coefficient (Wildman–Crippen LogP) is 2.81. The third-order valence-electron chi connectivity index (χ3n) is 18.2. The quantitative estimate of drug-likeness (QED) is 0.0784. The molecule has 3 aliphatic heterocycles. The van der Waals surface area contributed by atoms with Gasteiger partial charge in [-0.25, -0.2) is 8.78 Å². The van der Waals surface area contributed by atoms with Crippen LogP contribution in [0.3, 0.4) is 0 Å². The minimum atomic E-state index is -1.52. The molecule has 4 aromatic carbocycles. The number of benzene rings is 4. The first-order chi connectivity index (χ1) is 47.0. The molecule has 29 heteroatoms. The van der Waals surface area contributed by atoms with Crippen molar-refractivity contribution < 1.29 is 67.3 Å². The summed E-state index contributed by atoms with van der Waals surface area (Å²) in [6.45, 7) is 2.70. The number of nitrogens with one attached hydrogen (secondary N) is 9. The SMILES string of the molecule is C[C@@H](O)[C@H]1CC(=O)N[C@@H](Cc2ccc(O)cc2)C(=O)N2CCC[C@@]2(C)C(=O)N[C@H](C(N)=O)CSCc2cccc(c2)CSCCC(O)N[C@@H](CCCCN)C(=O)NCC(=O)N[C@@H](Cc2c[nH]c3ccc(F)cc23)C(=O)N[C@@H](Cc2c[nH]c3ccc(F)cc23)C(=O)N2CCC[C@H]2C(=O)N1. The number of primary amides is 1. The van der Waals surface area contributed by atoms with E-state index in [0.717, 1.165) is 11.1 Å². The number of phenols is 1. The van der Waals surface area contributed by atoms with Crippen LogP contribution in [0, 0.1) is 11.6 Å². The fourth-order valence-corrected chi connectivity index (χ4v) is 14.7. The molecule has 526 valence electrons. The Morgan fingerprint density at radius 2 is 1.35 bits per heavy atom. The number of aromatic hydroxyl groups is 1. The molecule has 9 amide bonds. The number of unbranched alkanes of at least 4 members (excludes halogenated alkanes) is 1. The van der Waals surface area contributed by atoms with Crippen LogP contribution in [0.4, 0.5) is 8.78 Å². The van der Waals surface area contributed by atoms with E-state index in [-0.39, 0.29) is 76.0 Å². The average molecular weight is 1390 g/mol. The van der Waals surface area contributed by atoms with Crippen LogP contribution in [0.1, 0.15) is 99.5 Å². The van der Waals surface area contributed by atoms with Gasteiger partial charge in [0.25, 0.3) is 0 Å². The first kappa shape index (κ1) is 73.6. The van der Waals surface area contributed by atoms with Gasteiger partial charge in [0.1, 0.15) is 59.4 Å². The summed E-state index contributed by atoms with van der Waals surface area (Å²) in [5.41, 5.74) is 14.4. The van der Waals surface area contributed by atoms with Gasteiger partial charge in [0.15, 0.2) is 0 Å². The molecule has 10 atom stereocenters. The highest BCUT2D eigenvalue weighted by Crippen LogP contribution is 2.32. The Labute approximate surface area is 574 Å². The van der Waals surface area contributed by atoms with Gasteiger partial charge in [0.2, 0.25) is 53.2 Å². The molecule has 0 spiro atoms. The molecule has 6 aromatic rings. The molecular formula is C69H87F2N13O12S2.